The lowest BCUT2D eigenvalue weighted by Crippen LogP contribution is -2.50. The van der Waals surface area contributed by atoms with E-state index in [2.05, 4.69) is 24.5 Å². The average Bonchev–Trinajstić information content (AvgIpc) is 3.19. The molecule has 2 aliphatic carbocycles. The van der Waals surface area contributed by atoms with Crippen LogP contribution in [0, 0.1) is 17.8 Å². The monoisotopic (exact) mass is 310 g/mol. The van der Waals surface area contributed by atoms with Gasteiger partial charge in [-0.25, -0.2) is 4.79 Å². The lowest BCUT2D eigenvalue weighted by Gasteiger charge is -2.36. The number of hydrogen-bond acceptors (Lipinski definition) is 3. The molecule has 22 heavy (non-hydrogen) atoms. The van der Waals surface area contributed by atoms with Crippen LogP contribution in [0.3, 0.4) is 0 Å². The number of amides is 1. The number of carbonyl (C=O) groups is 1. The van der Waals surface area contributed by atoms with Crippen LogP contribution in [0.1, 0.15) is 66.7 Å². The van der Waals surface area contributed by atoms with Crippen molar-refractivity contribution in [3.8, 4) is 0 Å². The first-order valence-corrected chi connectivity index (χ1v) is 8.97. The fraction of sp³-hybridized carbons (Fsp3) is 0.944. The van der Waals surface area contributed by atoms with Gasteiger partial charge in [0, 0.05) is 18.6 Å². The predicted octanol–water partition coefficient (Wildman–Crippen LogP) is 3.70. The smallest absolute Gasteiger partial charge is 0.407 e. The lowest BCUT2D eigenvalue weighted by atomic mass is 9.79. The van der Waals surface area contributed by atoms with E-state index in [9.17, 15) is 4.79 Å². The summed E-state index contributed by atoms with van der Waals surface area (Å²) in [5.41, 5.74) is -0.430. The minimum Gasteiger partial charge on any atom is -0.444 e. The van der Waals surface area contributed by atoms with Crippen molar-refractivity contribution in [3.05, 3.63) is 0 Å². The van der Waals surface area contributed by atoms with E-state index in [0.717, 1.165) is 17.8 Å². The molecule has 0 aromatic rings. The van der Waals surface area contributed by atoms with Crippen molar-refractivity contribution in [2.24, 2.45) is 17.8 Å². The molecule has 0 saturated heterocycles. The van der Waals surface area contributed by atoms with Gasteiger partial charge in [0.2, 0.25) is 0 Å². The van der Waals surface area contributed by atoms with E-state index in [4.69, 9.17) is 4.74 Å². The molecule has 0 spiro atoms. The highest BCUT2D eigenvalue weighted by Gasteiger charge is 2.35. The third-order valence-electron chi connectivity index (χ3n) is 4.92. The van der Waals surface area contributed by atoms with Gasteiger partial charge in [0.25, 0.3) is 0 Å². The third kappa shape index (κ3) is 5.79. The molecule has 2 rings (SSSR count). The highest BCUT2D eigenvalue weighted by atomic mass is 16.6. The molecule has 0 aliphatic heterocycles. The molecule has 4 heteroatoms. The molecule has 1 amide bonds. The number of carbonyl (C=O) groups excluding carboxylic acids is 1. The average molecular weight is 310 g/mol. The van der Waals surface area contributed by atoms with Gasteiger partial charge < -0.3 is 15.4 Å². The zero-order chi connectivity index (χ0) is 16.3. The molecule has 2 aliphatic rings. The summed E-state index contributed by atoms with van der Waals surface area (Å²) in [6, 6.07) is 0.996. The van der Waals surface area contributed by atoms with Crippen molar-refractivity contribution in [1.29, 1.82) is 0 Å². The summed E-state index contributed by atoms with van der Waals surface area (Å²) in [5, 5.41) is 6.79. The van der Waals surface area contributed by atoms with E-state index in [1.807, 2.05) is 20.8 Å². The van der Waals surface area contributed by atoms with Crippen LogP contribution in [0.25, 0.3) is 0 Å². The van der Waals surface area contributed by atoms with E-state index in [1.165, 1.54) is 32.1 Å². The van der Waals surface area contributed by atoms with Crippen molar-refractivity contribution >= 4 is 6.09 Å². The van der Waals surface area contributed by atoms with Gasteiger partial charge in [-0.2, -0.15) is 0 Å². The lowest BCUT2D eigenvalue weighted by molar-refractivity contribution is 0.0518. The largest absolute Gasteiger partial charge is 0.444 e. The first-order valence-electron chi connectivity index (χ1n) is 8.97. The summed E-state index contributed by atoms with van der Waals surface area (Å²) in [6.07, 6.45) is 6.16. The Morgan fingerprint density at radius 3 is 2.41 bits per heavy atom. The third-order valence-corrected chi connectivity index (χ3v) is 4.92. The van der Waals surface area contributed by atoms with Crippen LogP contribution < -0.4 is 10.6 Å². The Kier molecular flexibility index (Phi) is 5.76. The molecule has 2 saturated carbocycles. The van der Waals surface area contributed by atoms with E-state index >= 15 is 0 Å². The highest BCUT2D eigenvalue weighted by molar-refractivity contribution is 5.67. The Morgan fingerprint density at radius 2 is 1.86 bits per heavy atom. The summed E-state index contributed by atoms with van der Waals surface area (Å²) < 4.78 is 5.34. The van der Waals surface area contributed by atoms with Gasteiger partial charge in [-0.15, -0.1) is 0 Å². The van der Waals surface area contributed by atoms with Crippen molar-refractivity contribution in [2.45, 2.75) is 84.4 Å². The van der Waals surface area contributed by atoms with Crippen LogP contribution in [0.5, 0.6) is 0 Å². The minimum absolute atomic E-state index is 0.301. The summed E-state index contributed by atoms with van der Waals surface area (Å²) >= 11 is 0. The topological polar surface area (TPSA) is 50.4 Å². The van der Waals surface area contributed by atoms with Crippen molar-refractivity contribution in [1.82, 2.24) is 10.6 Å². The number of rotatable bonds is 5. The molecule has 4 nitrogen and oxygen atoms in total. The zero-order valence-corrected chi connectivity index (χ0v) is 14.9. The number of alkyl carbamates (subject to hydrolysis) is 1. The van der Waals surface area contributed by atoms with Crippen LogP contribution in [0.2, 0.25) is 0 Å². The normalized spacial score (nSPS) is 30.7. The van der Waals surface area contributed by atoms with Gasteiger partial charge in [0.1, 0.15) is 5.60 Å². The predicted molar refractivity (Wildman–Crippen MR) is 89.9 cm³/mol. The first-order chi connectivity index (χ1) is 10.2. The van der Waals surface area contributed by atoms with E-state index in [0.29, 0.717) is 18.6 Å². The molecule has 0 aromatic heterocycles. The maximum atomic E-state index is 11.8. The summed E-state index contributed by atoms with van der Waals surface area (Å²) in [5.74, 6) is 2.31. The van der Waals surface area contributed by atoms with Crippen molar-refractivity contribution in [3.63, 3.8) is 0 Å². The molecular weight excluding hydrogens is 276 g/mol. The molecule has 0 radical (unpaired) electrons. The number of nitrogens with one attached hydrogen (secondary N) is 2. The van der Waals surface area contributed by atoms with Gasteiger partial charge in [0.15, 0.2) is 0 Å². The fourth-order valence-corrected chi connectivity index (χ4v) is 3.56. The maximum absolute atomic E-state index is 11.8. The van der Waals surface area contributed by atoms with Gasteiger partial charge in [0.05, 0.1) is 0 Å². The van der Waals surface area contributed by atoms with Crippen molar-refractivity contribution < 1.29 is 9.53 Å². The molecule has 4 atom stereocenters. The van der Waals surface area contributed by atoms with E-state index in [1.54, 1.807) is 0 Å². The summed E-state index contributed by atoms with van der Waals surface area (Å²) in [7, 11) is 0. The summed E-state index contributed by atoms with van der Waals surface area (Å²) in [6.45, 7) is 11.1. The highest BCUT2D eigenvalue weighted by Crippen LogP contribution is 2.35. The maximum Gasteiger partial charge on any atom is 0.407 e. The van der Waals surface area contributed by atoms with Gasteiger partial charge >= 0.3 is 6.09 Å². The van der Waals surface area contributed by atoms with Crippen LogP contribution in [0.15, 0.2) is 0 Å². The molecule has 0 aromatic carbocycles. The second-order valence-electron chi connectivity index (χ2n) is 8.50. The Morgan fingerprint density at radius 1 is 1.18 bits per heavy atom. The summed E-state index contributed by atoms with van der Waals surface area (Å²) in [4.78, 5) is 11.8. The Hall–Kier alpha value is -0.770. The Balaban J connectivity index is 1.79. The SMILES string of the molecule is CC1CCC(NC(CNC(=O)OC(C)(C)C)C2CC2)C(C)C1. The van der Waals surface area contributed by atoms with Crippen LogP contribution >= 0.6 is 0 Å². The Bertz CT molecular complexity index is 374. The van der Waals surface area contributed by atoms with Gasteiger partial charge in [-0.05, 0) is 70.6 Å². The molecule has 4 unspecified atom stereocenters. The second-order valence-corrected chi connectivity index (χ2v) is 8.50. The first kappa shape index (κ1) is 17.6. The van der Waals surface area contributed by atoms with E-state index in [-0.39, 0.29) is 6.09 Å². The van der Waals surface area contributed by atoms with E-state index < -0.39 is 5.60 Å². The fourth-order valence-electron chi connectivity index (χ4n) is 3.56. The van der Waals surface area contributed by atoms with Gasteiger partial charge in [-0.1, -0.05) is 13.8 Å². The van der Waals surface area contributed by atoms with Crippen molar-refractivity contribution in [2.75, 3.05) is 6.54 Å². The standard InChI is InChI=1S/C18H34N2O2/c1-12-6-9-15(13(2)10-12)20-16(14-7-8-14)11-19-17(21)22-18(3,4)5/h12-16,20H,6-11H2,1-5H3,(H,19,21). The van der Waals surface area contributed by atoms with Crippen LogP contribution in [-0.4, -0.2) is 30.3 Å². The molecule has 0 heterocycles. The molecule has 2 N–H and O–H groups in total. The quantitative estimate of drug-likeness (QED) is 0.814. The second kappa shape index (κ2) is 7.20. The minimum atomic E-state index is -0.430. The zero-order valence-electron chi connectivity index (χ0n) is 14.9. The van der Waals surface area contributed by atoms with Crippen LogP contribution in [-0.2, 0) is 4.74 Å². The molecule has 128 valence electrons. The molecule has 0 bridgehead atoms. The van der Waals surface area contributed by atoms with Crippen LogP contribution in [0.4, 0.5) is 4.79 Å². The number of ether oxygens (including phenoxy) is 1. The number of hydrogen-bond donors (Lipinski definition) is 2. The molecule has 2 fully saturated rings. The van der Waals surface area contributed by atoms with Gasteiger partial charge in [-0.3, -0.25) is 0 Å². The Labute approximate surface area is 135 Å². The molecular formula is C18H34N2O2.